The SMILES string of the molecule is O=C(O)N1CC2CN(S(=O)(=O)c3cccc4cncc(Br)c34)CC2C1. The molecule has 4 rings (SSSR count). The van der Waals surface area contributed by atoms with Crippen LogP contribution >= 0.6 is 15.9 Å². The Bertz CT molecular complexity index is 946. The number of hydrogen-bond donors (Lipinski definition) is 1. The van der Waals surface area contributed by atoms with E-state index in [1.54, 1.807) is 24.5 Å². The molecule has 0 saturated carbocycles. The number of rotatable bonds is 2. The van der Waals surface area contributed by atoms with Crippen LogP contribution in [-0.2, 0) is 10.0 Å². The van der Waals surface area contributed by atoms with Crippen LogP contribution in [0.3, 0.4) is 0 Å². The van der Waals surface area contributed by atoms with E-state index in [9.17, 15) is 13.2 Å². The third kappa shape index (κ3) is 2.70. The van der Waals surface area contributed by atoms with Gasteiger partial charge in [-0.2, -0.15) is 4.31 Å². The molecule has 2 unspecified atom stereocenters. The minimum Gasteiger partial charge on any atom is -0.465 e. The molecule has 1 aromatic carbocycles. The zero-order valence-electron chi connectivity index (χ0n) is 13.2. The number of aromatic nitrogens is 1. The lowest BCUT2D eigenvalue weighted by Crippen LogP contribution is -2.35. The summed E-state index contributed by atoms with van der Waals surface area (Å²) < 4.78 is 28.5. The summed E-state index contributed by atoms with van der Waals surface area (Å²) in [4.78, 5) is 16.8. The summed E-state index contributed by atoms with van der Waals surface area (Å²) in [7, 11) is -3.66. The van der Waals surface area contributed by atoms with Gasteiger partial charge in [-0.15, -0.1) is 0 Å². The summed E-state index contributed by atoms with van der Waals surface area (Å²) >= 11 is 3.40. The van der Waals surface area contributed by atoms with Gasteiger partial charge < -0.3 is 10.0 Å². The number of benzene rings is 1. The minimum atomic E-state index is -3.66. The minimum absolute atomic E-state index is 0.0611. The first-order chi connectivity index (χ1) is 11.9. The average Bonchev–Trinajstić information content (AvgIpc) is 3.14. The summed E-state index contributed by atoms with van der Waals surface area (Å²) in [6.07, 6.45) is 2.29. The second-order valence-electron chi connectivity index (χ2n) is 6.51. The Morgan fingerprint density at radius 1 is 1.16 bits per heavy atom. The van der Waals surface area contributed by atoms with Gasteiger partial charge >= 0.3 is 6.09 Å². The normalized spacial score (nSPS) is 24.0. The highest BCUT2D eigenvalue weighted by Gasteiger charge is 2.45. The smallest absolute Gasteiger partial charge is 0.407 e. The predicted octanol–water partition coefficient (Wildman–Crippen LogP) is 2.23. The second kappa shape index (κ2) is 5.93. The molecule has 2 aromatic rings. The molecule has 1 aromatic heterocycles. The molecule has 2 fully saturated rings. The number of likely N-dealkylation sites (tertiary alicyclic amines) is 1. The van der Waals surface area contributed by atoms with Crippen LogP contribution in [0.25, 0.3) is 10.8 Å². The molecule has 7 nitrogen and oxygen atoms in total. The molecule has 2 aliphatic heterocycles. The van der Waals surface area contributed by atoms with E-state index in [0.717, 1.165) is 5.39 Å². The first-order valence-electron chi connectivity index (χ1n) is 7.88. The first-order valence-corrected chi connectivity index (χ1v) is 10.1. The van der Waals surface area contributed by atoms with Crippen LogP contribution in [-0.4, -0.2) is 60.0 Å². The fourth-order valence-electron chi connectivity index (χ4n) is 3.82. The van der Waals surface area contributed by atoms with Crippen molar-refractivity contribution in [2.45, 2.75) is 4.90 Å². The Labute approximate surface area is 153 Å². The fourth-order valence-corrected chi connectivity index (χ4v) is 6.30. The van der Waals surface area contributed by atoms with Gasteiger partial charge in [0.15, 0.2) is 0 Å². The molecule has 1 amide bonds. The lowest BCUT2D eigenvalue weighted by Gasteiger charge is -2.21. The quantitative estimate of drug-likeness (QED) is 0.796. The number of pyridine rings is 1. The number of fused-ring (bicyclic) bond motifs is 2. The maximum Gasteiger partial charge on any atom is 0.407 e. The van der Waals surface area contributed by atoms with Crippen LogP contribution in [0.2, 0.25) is 0 Å². The first kappa shape index (κ1) is 16.7. The van der Waals surface area contributed by atoms with Crippen LogP contribution < -0.4 is 0 Å². The molecule has 2 aliphatic rings. The van der Waals surface area contributed by atoms with E-state index >= 15 is 0 Å². The van der Waals surface area contributed by atoms with Crippen LogP contribution in [0, 0.1) is 11.8 Å². The van der Waals surface area contributed by atoms with Gasteiger partial charge in [-0.3, -0.25) is 4.98 Å². The third-order valence-electron chi connectivity index (χ3n) is 5.04. The molecule has 132 valence electrons. The molecule has 0 radical (unpaired) electrons. The van der Waals surface area contributed by atoms with Crippen molar-refractivity contribution in [1.29, 1.82) is 0 Å². The Morgan fingerprint density at radius 3 is 2.48 bits per heavy atom. The number of amides is 1. The lowest BCUT2D eigenvalue weighted by molar-refractivity contribution is 0.151. The Hall–Kier alpha value is -1.71. The van der Waals surface area contributed by atoms with Crippen molar-refractivity contribution < 1.29 is 18.3 Å². The third-order valence-corrected chi connectivity index (χ3v) is 7.52. The molecule has 1 N–H and O–H groups in total. The largest absolute Gasteiger partial charge is 0.465 e. The molecule has 2 atom stereocenters. The van der Waals surface area contributed by atoms with E-state index in [1.165, 1.54) is 9.21 Å². The molecule has 2 saturated heterocycles. The van der Waals surface area contributed by atoms with Gasteiger partial charge in [-0.1, -0.05) is 12.1 Å². The van der Waals surface area contributed by atoms with Crippen molar-refractivity contribution in [1.82, 2.24) is 14.2 Å². The van der Waals surface area contributed by atoms with Gasteiger partial charge in [0.25, 0.3) is 0 Å². The number of carboxylic acid groups (broad SMARTS) is 1. The van der Waals surface area contributed by atoms with Crippen molar-refractivity contribution in [3.63, 3.8) is 0 Å². The Morgan fingerprint density at radius 2 is 1.84 bits per heavy atom. The molecule has 9 heteroatoms. The molecular formula is C16H16BrN3O4S. The summed E-state index contributed by atoms with van der Waals surface area (Å²) in [6, 6.07) is 5.15. The molecule has 0 aliphatic carbocycles. The summed E-state index contributed by atoms with van der Waals surface area (Å²) in [5.74, 6) is 0.122. The van der Waals surface area contributed by atoms with Crippen LogP contribution in [0.15, 0.2) is 40.0 Å². The second-order valence-corrected chi connectivity index (χ2v) is 9.27. The number of nitrogens with zero attached hydrogens (tertiary/aromatic N) is 3. The molecule has 25 heavy (non-hydrogen) atoms. The molecule has 0 bridgehead atoms. The van der Waals surface area contributed by atoms with E-state index in [1.807, 2.05) is 6.07 Å². The zero-order chi connectivity index (χ0) is 17.8. The van der Waals surface area contributed by atoms with Crippen molar-refractivity contribution in [2.75, 3.05) is 26.2 Å². The maximum atomic E-state index is 13.2. The van der Waals surface area contributed by atoms with Crippen molar-refractivity contribution in [3.05, 3.63) is 35.1 Å². The average molecular weight is 426 g/mol. The highest BCUT2D eigenvalue weighted by molar-refractivity contribution is 9.10. The van der Waals surface area contributed by atoms with Gasteiger partial charge in [0.1, 0.15) is 0 Å². The van der Waals surface area contributed by atoms with Crippen molar-refractivity contribution >= 4 is 42.8 Å². The van der Waals surface area contributed by atoms with Crippen LogP contribution in [0.4, 0.5) is 4.79 Å². The number of halogens is 1. The highest BCUT2D eigenvalue weighted by Crippen LogP contribution is 2.37. The fraction of sp³-hybridized carbons (Fsp3) is 0.375. The van der Waals surface area contributed by atoms with E-state index in [-0.39, 0.29) is 16.7 Å². The standard InChI is InChI=1S/C16H16BrN3O4S/c17-13-5-18-4-10-2-1-3-14(15(10)13)25(23,24)20-8-11-6-19(16(21)22)7-12(11)9-20/h1-5,11-12H,6-9H2,(H,21,22). The van der Waals surface area contributed by atoms with Crippen LogP contribution in [0.5, 0.6) is 0 Å². The van der Waals surface area contributed by atoms with E-state index in [2.05, 4.69) is 20.9 Å². The predicted molar refractivity (Wildman–Crippen MR) is 94.8 cm³/mol. The lowest BCUT2D eigenvalue weighted by atomic mass is 10.0. The monoisotopic (exact) mass is 425 g/mol. The van der Waals surface area contributed by atoms with Crippen molar-refractivity contribution in [3.8, 4) is 0 Å². The van der Waals surface area contributed by atoms with E-state index in [4.69, 9.17) is 5.11 Å². The summed E-state index contributed by atoms with van der Waals surface area (Å²) in [5, 5.41) is 10.5. The van der Waals surface area contributed by atoms with Crippen molar-refractivity contribution in [2.24, 2.45) is 11.8 Å². The molecule has 3 heterocycles. The number of hydrogen-bond acceptors (Lipinski definition) is 4. The number of sulfonamides is 1. The van der Waals surface area contributed by atoms with Gasteiger partial charge in [-0.25, -0.2) is 13.2 Å². The van der Waals surface area contributed by atoms with Crippen LogP contribution in [0.1, 0.15) is 0 Å². The summed E-state index contributed by atoms with van der Waals surface area (Å²) in [6.45, 7) is 1.51. The van der Waals surface area contributed by atoms with E-state index in [0.29, 0.717) is 36.0 Å². The molecule has 0 spiro atoms. The zero-order valence-corrected chi connectivity index (χ0v) is 15.6. The van der Waals surface area contributed by atoms with E-state index < -0.39 is 16.1 Å². The Kier molecular flexibility index (Phi) is 3.97. The van der Waals surface area contributed by atoms with Gasteiger partial charge in [-0.05, 0) is 33.8 Å². The van der Waals surface area contributed by atoms with Gasteiger partial charge in [0, 0.05) is 53.8 Å². The molecular weight excluding hydrogens is 410 g/mol. The van der Waals surface area contributed by atoms with Gasteiger partial charge in [0.2, 0.25) is 10.0 Å². The summed E-state index contributed by atoms with van der Waals surface area (Å²) in [5.41, 5.74) is 0. The Balaban J connectivity index is 1.68. The number of carbonyl (C=O) groups is 1. The van der Waals surface area contributed by atoms with Gasteiger partial charge in [0.05, 0.1) is 4.90 Å². The highest BCUT2D eigenvalue weighted by atomic mass is 79.9. The maximum absolute atomic E-state index is 13.2. The topological polar surface area (TPSA) is 90.8 Å².